The molecule has 0 fully saturated rings. The number of nitrogens with zero attached hydrogens (tertiary/aromatic N) is 2. The van der Waals surface area contributed by atoms with Crippen LogP contribution in [0.15, 0.2) is 30.3 Å². The minimum absolute atomic E-state index is 0.464. The zero-order chi connectivity index (χ0) is 14.4. The normalized spacial score (nSPS) is 10.2. The maximum atomic E-state index is 5.84. The lowest BCUT2D eigenvalue weighted by atomic mass is 10.1. The molecule has 1 heterocycles. The Balaban J connectivity index is 1.94. The summed E-state index contributed by atoms with van der Waals surface area (Å²) >= 11 is 5.84. The molecule has 0 saturated heterocycles. The summed E-state index contributed by atoms with van der Waals surface area (Å²) in [5.74, 6) is 1.41. The molecule has 1 aromatic heterocycles. The fraction of sp³-hybridized carbons (Fsp3) is 0.286. The van der Waals surface area contributed by atoms with Crippen LogP contribution in [0.3, 0.4) is 0 Å². The van der Waals surface area contributed by atoms with Gasteiger partial charge < -0.3 is 14.8 Å². The average Bonchev–Trinajstić information content (AvgIpc) is 2.49. The van der Waals surface area contributed by atoms with Crippen LogP contribution in [0.1, 0.15) is 5.56 Å². The van der Waals surface area contributed by atoms with E-state index in [4.69, 9.17) is 21.1 Å². The van der Waals surface area contributed by atoms with Crippen LogP contribution in [0.25, 0.3) is 0 Å². The van der Waals surface area contributed by atoms with E-state index in [1.165, 1.54) is 5.56 Å². The van der Waals surface area contributed by atoms with Gasteiger partial charge >= 0.3 is 0 Å². The standard InChI is InChI=1S/C14H16ClN3O2/c1-19-12-9-13(20-2)18-14(17-12)16-8-7-10-3-5-11(15)6-4-10/h3-6,9H,7-8H2,1-2H3,(H,16,17,18). The van der Waals surface area contributed by atoms with Gasteiger partial charge in [-0.3, -0.25) is 0 Å². The van der Waals surface area contributed by atoms with Gasteiger partial charge in [-0.25, -0.2) is 0 Å². The highest BCUT2D eigenvalue weighted by Gasteiger charge is 2.04. The van der Waals surface area contributed by atoms with Crippen molar-refractivity contribution in [1.29, 1.82) is 0 Å². The number of benzene rings is 1. The molecule has 0 unspecified atom stereocenters. The summed E-state index contributed by atoms with van der Waals surface area (Å²) in [5, 5.41) is 3.88. The maximum Gasteiger partial charge on any atom is 0.229 e. The molecule has 1 N–H and O–H groups in total. The monoisotopic (exact) mass is 293 g/mol. The molecule has 2 rings (SSSR count). The van der Waals surface area contributed by atoms with Crippen LogP contribution in [-0.2, 0) is 6.42 Å². The molecule has 106 valence electrons. The van der Waals surface area contributed by atoms with Gasteiger partial charge in [-0.05, 0) is 24.1 Å². The van der Waals surface area contributed by atoms with E-state index in [2.05, 4.69) is 15.3 Å². The van der Waals surface area contributed by atoms with Crippen molar-refractivity contribution in [3.63, 3.8) is 0 Å². The third-order valence-corrected chi connectivity index (χ3v) is 2.96. The SMILES string of the molecule is COc1cc(OC)nc(NCCc2ccc(Cl)cc2)n1. The summed E-state index contributed by atoms with van der Waals surface area (Å²) in [7, 11) is 3.11. The van der Waals surface area contributed by atoms with Crippen LogP contribution in [0.4, 0.5) is 5.95 Å². The molecule has 0 atom stereocenters. The summed E-state index contributed by atoms with van der Waals surface area (Å²) in [6.07, 6.45) is 0.847. The summed E-state index contributed by atoms with van der Waals surface area (Å²) in [6, 6.07) is 9.38. The Morgan fingerprint density at radius 2 is 1.65 bits per heavy atom. The predicted octanol–water partition coefficient (Wildman–Crippen LogP) is 2.80. The minimum Gasteiger partial charge on any atom is -0.481 e. The highest BCUT2D eigenvalue weighted by molar-refractivity contribution is 6.30. The third kappa shape index (κ3) is 3.99. The van der Waals surface area contributed by atoms with E-state index < -0.39 is 0 Å². The van der Waals surface area contributed by atoms with E-state index in [0.717, 1.165) is 11.4 Å². The summed E-state index contributed by atoms with van der Waals surface area (Å²) < 4.78 is 10.2. The Morgan fingerprint density at radius 1 is 1.05 bits per heavy atom. The van der Waals surface area contributed by atoms with Gasteiger partial charge in [0, 0.05) is 11.6 Å². The van der Waals surface area contributed by atoms with E-state index in [0.29, 0.717) is 24.3 Å². The van der Waals surface area contributed by atoms with Gasteiger partial charge in [0.25, 0.3) is 0 Å². The second kappa shape index (κ2) is 6.96. The van der Waals surface area contributed by atoms with Gasteiger partial charge in [-0.2, -0.15) is 9.97 Å². The number of nitrogens with one attached hydrogen (secondary N) is 1. The largest absolute Gasteiger partial charge is 0.481 e. The fourth-order valence-corrected chi connectivity index (χ4v) is 1.79. The van der Waals surface area contributed by atoms with Crippen molar-refractivity contribution in [3.8, 4) is 11.8 Å². The number of hydrogen-bond donors (Lipinski definition) is 1. The smallest absolute Gasteiger partial charge is 0.229 e. The Kier molecular flexibility index (Phi) is 5.01. The first-order valence-electron chi connectivity index (χ1n) is 6.16. The van der Waals surface area contributed by atoms with Crippen molar-refractivity contribution in [2.75, 3.05) is 26.1 Å². The van der Waals surface area contributed by atoms with E-state index >= 15 is 0 Å². The van der Waals surface area contributed by atoms with Crippen LogP contribution in [0.5, 0.6) is 11.8 Å². The molecule has 0 aliphatic rings. The second-order valence-corrected chi connectivity index (χ2v) is 4.52. The number of ether oxygens (including phenoxy) is 2. The van der Waals surface area contributed by atoms with E-state index in [9.17, 15) is 0 Å². The van der Waals surface area contributed by atoms with E-state index in [1.807, 2.05) is 24.3 Å². The molecule has 20 heavy (non-hydrogen) atoms. The highest BCUT2D eigenvalue weighted by Crippen LogP contribution is 2.17. The first-order valence-corrected chi connectivity index (χ1v) is 6.54. The molecule has 0 spiro atoms. The lowest BCUT2D eigenvalue weighted by molar-refractivity contribution is 0.373. The number of halogens is 1. The molecule has 0 saturated carbocycles. The lowest BCUT2D eigenvalue weighted by Gasteiger charge is -2.08. The molecule has 0 aliphatic heterocycles. The van der Waals surface area contributed by atoms with Gasteiger partial charge in [-0.1, -0.05) is 23.7 Å². The van der Waals surface area contributed by atoms with Crippen molar-refractivity contribution in [2.45, 2.75) is 6.42 Å². The lowest BCUT2D eigenvalue weighted by Crippen LogP contribution is -2.09. The number of aromatic nitrogens is 2. The Labute approximate surface area is 122 Å². The van der Waals surface area contributed by atoms with Crippen LogP contribution in [0.2, 0.25) is 5.02 Å². The Morgan fingerprint density at radius 3 is 2.20 bits per heavy atom. The quantitative estimate of drug-likeness (QED) is 0.887. The molecule has 1 aromatic carbocycles. The Bertz CT molecular complexity index is 539. The summed E-state index contributed by atoms with van der Waals surface area (Å²) in [6.45, 7) is 0.706. The minimum atomic E-state index is 0.464. The molecule has 0 radical (unpaired) electrons. The average molecular weight is 294 g/mol. The number of rotatable bonds is 6. The van der Waals surface area contributed by atoms with Crippen molar-refractivity contribution in [2.24, 2.45) is 0 Å². The van der Waals surface area contributed by atoms with Crippen molar-refractivity contribution < 1.29 is 9.47 Å². The van der Waals surface area contributed by atoms with Gasteiger partial charge in [0.1, 0.15) is 0 Å². The van der Waals surface area contributed by atoms with Gasteiger partial charge in [0.05, 0.1) is 20.3 Å². The first kappa shape index (κ1) is 14.4. The van der Waals surface area contributed by atoms with E-state index in [-0.39, 0.29) is 0 Å². The molecule has 0 aliphatic carbocycles. The Hall–Kier alpha value is -2.01. The number of methoxy groups -OCH3 is 2. The molecular weight excluding hydrogens is 278 g/mol. The number of hydrogen-bond acceptors (Lipinski definition) is 5. The van der Waals surface area contributed by atoms with Crippen molar-refractivity contribution in [1.82, 2.24) is 9.97 Å². The van der Waals surface area contributed by atoms with Gasteiger partial charge in [0.2, 0.25) is 17.7 Å². The fourth-order valence-electron chi connectivity index (χ4n) is 1.66. The molecule has 0 bridgehead atoms. The zero-order valence-electron chi connectivity index (χ0n) is 11.4. The van der Waals surface area contributed by atoms with Crippen LogP contribution < -0.4 is 14.8 Å². The second-order valence-electron chi connectivity index (χ2n) is 4.08. The van der Waals surface area contributed by atoms with Crippen LogP contribution >= 0.6 is 11.6 Å². The maximum absolute atomic E-state index is 5.84. The number of anilines is 1. The van der Waals surface area contributed by atoms with Crippen molar-refractivity contribution >= 4 is 17.5 Å². The van der Waals surface area contributed by atoms with Crippen LogP contribution in [0, 0.1) is 0 Å². The molecule has 0 amide bonds. The molecule has 5 nitrogen and oxygen atoms in total. The first-order chi connectivity index (χ1) is 9.71. The van der Waals surface area contributed by atoms with Gasteiger partial charge in [-0.15, -0.1) is 0 Å². The molecule has 2 aromatic rings. The van der Waals surface area contributed by atoms with Gasteiger partial charge in [0.15, 0.2) is 0 Å². The summed E-state index contributed by atoms with van der Waals surface area (Å²) in [4.78, 5) is 8.40. The molecule has 6 heteroatoms. The van der Waals surface area contributed by atoms with E-state index in [1.54, 1.807) is 20.3 Å². The predicted molar refractivity (Wildman–Crippen MR) is 78.8 cm³/mol. The van der Waals surface area contributed by atoms with Crippen LogP contribution in [-0.4, -0.2) is 30.7 Å². The zero-order valence-corrected chi connectivity index (χ0v) is 12.1. The topological polar surface area (TPSA) is 56.3 Å². The third-order valence-electron chi connectivity index (χ3n) is 2.71. The summed E-state index contributed by atoms with van der Waals surface area (Å²) in [5.41, 5.74) is 1.19. The highest BCUT2D eigenvalue weighted by atomic mass is 35.5. The molecular formula is C14H16ClN3O2. The van der Waals surface area contributed by atoms with Crippen molar-refractivity contribution in [3.05, 3.63) is 40.9 Å².